The maximum absolute atomic E-state index is 10.9. The number of para-hydroxylation sites is 1. The van der Waals surface area contributed by atoms with Crippen molar-refractivity contribution in [2.24, 2.45) is 5.92 Å². The van der Waals surface area contributed by atoms with Crippen LogP contribution in [0, 0.1) is 5.92 Å². The second-order valence-corrected chi connectivity index (χ2v) is 6.00. The molecule has 1 aliphatic heterocycles. The Morgan fingerprint density at radius 1 is 1.26 bits per heavy atom. The molecule has 3 rings (SSSR count). The molecule has 2 fully saturated rings. The van der Waals surface area contributed by atoms with Crippen LogP contribution in [0.25, 0.3) is 0 Å². The Labute approximate surface area is 115 Å². The molecule has 0 bridgehead atoms. The minimum absolute atomic E-state index is 0.343. The zero-order valence-electron chi connectivity index (χ0n) is 11.6. The smallest absolute Gasteiger partial charge is 0.128 e. The highest BCUT2D eigenvalue weighted by Gasteiger charge is 2.49. The molecule has 1 saturated heterocycles. The standard InChI is InChI=1S/C16H23NO2/c1-19-14-8-3-2-6-12(14)15-13-7-4-5-9-16(13,18)10-11-17-15/h2-3,6,8,13,15,17-18H,4-5,7,9-11H2,1H3/p+1/t13-,15+,16+/m0/s1. The van der Waals surface area contributed by atoms with Crippen LogP contribution in [-0.4, -0.2) is 24.4 Å². The number of quaternary nitrogens is 1. The van der Waals surface area contributed by atoms with Gasteiger partial charge in [-0.2, -0.15) is 0 Å². The topological polar surface area (TPSA) is 46.1 Å². The maximum atomic E-state index is 10.9. The lowest BCUT2D eigenvalue weighted by Crippen LogP contribution is -2.91. The lowest BCUT2D eigenvalue weighted by molar-refractivity contribution is -0.719. The summed E-state index contributed by atoms with van der Waals surface area (Å²) in [7, 11) is 1.73. The lowest BCUT2D eigenvalue weighted by atomic mass is 9.66. The summed E-state index contributed by atoms with van der Waals surface area (Å²) >= 11 is 0. The van der Waals surface area contributed by atoms with Crippen molar-refractivity contribution >= 4 is 0 Å². The highest BCUT2D eigenvalue weighted by molar-refractivity contribution is 5.35. The highest BCUT2D eigenvalue weighted by Crippen LogP contribution is 2.44. The summed E-state index contributed by atoms with van der Waals surface area (Å²) in [5.41, 5.74) is 0.799. The van der Waals surface area contributed by atoms with Crippen LogP contribution >= 0.6 is 0 Å². The average molecular weight is 262 g/mol. The van der Waals surface area contributed by atoms with Crippen LogP contribution in [0.3, 0.4) is 0 Å². The third-order valence-electron chi connectivity index (χ3n) is 4.99. The first-order valence-corrected chi connectivity index (χ1v) is 7.43. The first-order chi connectivity index (χ1) is 9.24. The number of benzene rings is 1. The van der Waals surface area contributed by atoms with Crippen LogP contribution in [-0.2, 0) is 0 Å². The van der Waals surface area contributed by atoms with Crippen molar-refractivity contribution in [2.75, 3.05) is 13.7 Å². The number of ether oxygens (including phenoxy) is 1. The molecular formula is C16H24NO2+. The SMILES string of the molecule is COc1ccccc1[C@H]1[NH2+]CC[C@]2(O)CCCC[C@@H]12. The molecule has 1 aliphatic carbocycles. The van der Waals surface area contributed by atoms with Crippen LogP contribution in [0.4, 0.5) is 0 Å². The lowest BCUT2D eigenvalue weighted by Gasteiger charge is -2.46. The predicted molar refractivity (Wildman–Crippen MR) is 74.1 cm³/mol. The summed E-state index contributed by atoms with van der Waals surface area (Å²) in [5, 5.41) is 13.3. The van der Waals surface area contributed by atoms with Crippen LogP contribution in [0.5, 0.6) is 5.75 Å². The summed E-state index contributed by atoms with van der Waals surface area (Å²) in [6, 6.07) is 8.61. The molecule has 0 amide bonds. The summed E-state index contributed by atoms with van der Waals surface area (Å²) in [6.07, 6.45) is 5.45. The first-order valence-electron chi connectivity index (χ1n) is 7.43. The Morgan fingerprint density at radius 3 is 2.95 bits per heavy atom. The van der Waals surface area contributed by atoms with E-state index in [-0.39, 0.29) is 0 Å². The number of fused-ring (bicyclic) bond motifs is 1. The number of methoxy groups -OCH3 is 1. The van der Waals surface area contributed by atoms with Gasteiger partial charge in [-0.25, -0.2) is 0 Å². The molecule has 1 heterocycles. The summed E-state index contributed by atoms with van der Waals surface area (Å²) in [4.78, 5) is 0. The molecule has 0 unspecified atom stereocenters. The number of aliphatic hydroxyl groups is 1. The van der Waals surface area contributed by atoms with Crippen molar-refractivity contribution in [3.8, 4) is 5.75 Å². The van der Waals surface area contributed by atoms with E-state index < -0.39 is 5.60 Å². The molecule has 1 aromatic rings. The van der Waals surface area contributed by atoms with E-state index in [1.807, 2.05) is 12.1 Å². The van der Waals surface area contributed by atoms with E-state index >= 15 is 0 Å². The van der Waals surface area contributed by atoms with Crippen molar-refractivity contribution in [2.45, 2.75) is 43.7 Å². The van der Waals surface area contributed by atoms with Gasteiger partial charge in [0.05, 0.1) is 24.8 Å². The summed E-state index contributed by atoms with van der Waals surface area (Å²) < 4.78 is 5.51. The second kappa shape index (κ2) is 5.14. The van der Waals surface area contributed by atoms with E-state index in [0.717, 1.165) is 31.6 Å². The highest BCUT2D eigenvalue weighted by atomic mass is 16.5. The molecule has 0 spiro atoms. The molecule has 19 heavy (non-hydrogen) atoms. The quantitative estimate of drug-likeness (QED) is 0.851. The van der Waals surface area contributed by atoms with Gasteiger partial charge in [0.2, 0.25) is 0 Å². The molecule has 1 aromatic carbocycles. The number of hydrogen-bond donors (Lipinski definition) is 2. The van der Waals surface area contributed by atoms with Gasteiger partial charge in [-0.3, -0.25) is 0 Å². The van der Waals surface area contributed by atoms with Gasteiger partial charge in [0, 0.05) is 12.3 Å². The second-order valence-electron chi connectivity index (χ2n) is 6.00. The zero-order chi connectivity index (χ0) is 13.3. The van der Waals surface area contributed by atoms with Crippen molar-refractivity contribution < 1.29 is 15.2 Å². The van der Waals surface area contributed by atoms with Gasteiger partial charge in [0.1, 0.15) is 11.8 Å². The fourth-order valence-electron chi connectivity index (χ4n) is 4.04. The monoisotopic (exact) mass is 262 g/mol. The van der Waals surface area contributed by atoms with Gasteiger partial charge in [-0.05, 0) is 25.0 Å². The molecule has 3 heteroatoms. The molecule has 3 N–H and O–H groups in total. The summed E-state index contributed by atoms with van der Waals surface area (Å²) in [6.45, 7) is 1.01. The fourth-order valence-corrected chi connectivity index (χ4v) is 4.04. The Morgan fingerprint density at radius 2 is 2.11 bits per heavy atom. The number of hydrogen-bond acceptors (Lipinski definition) is 2. The third-order valence-corrected chi connectivity index (χ3v) is 4.99. The van der Waals surface area contributed by atoms with Gasteiger partial charge >= 0.3 is 0 Å². The molecule has 0 radical (unpaired) electrons. The molecule has 3 atom stereocenters. The Hall–Kier alpha value is -1.06. The number of rotatable bonds is 2. The van der Waals surface area contributed by atoms with E-state index in [2.05, 4.69) is 17.4 Å². The fraction of sp³-hybridized carbons (Fsp3) is 0.625. The maximum Gasteiger partial charge on any atom is 0.128 e. The minimum Gasteiger partial charge on any atom is -0.496 e. The Balaban J connectivity index is 1.94. The molecule has 3 nitrogen and oxygen atoms in total. The van der Waals surface area contributed by atoms with E-state index in [4.69, 9.17) is 4.74 Å². The average Bonchev–Trinajstić information content (AvgIpc) is 2.46. The van der Waals surface area contributed by atoms with Crippen LogP contribution in [0.15, 0.2) is 24.3 Å². The normalized spacial score (nSPS) is 34.6. The molecule has 2 aliphatic rings. The van der Waals surface area contributed by atoms with Crippen molar-refractivity contribution in [1.29, 1.82) is 0 Å². The van der Waals surface area contributed by atoms with Gasteiger partial charge in [0.25, 0.3) is 0 Å². The molecular weight excluding hydrogens is 238 g/mol. The molecule has 104 valence electrons. The molecule has 1 saturated carbocycles. The van der Waals surface area contributed by atoms with Crippen LogP contribution in [0.2, 0.25) is 0 Å². The van der Waals surface area contributed by atoms with E-state index in [9.17, 15) is 5.11 Å². The summed E-state index contributed by atoms with van der Waals surface area (Å²) in [5.74, 6) is 1.32. The third kappa shape index (κ3) is 2.26. The van der Waals surface area contributed by atoms with Gasteiger partial charge in [-0.1, -0.05) is 25.0 Å². The van der Waals surface area contributed by atoms with Crippen molar-refractivity contribution in [3.63, 3.8) is 0 Å². The Kier molecular flexibility index (Phi) is 3.50. The van der Waals surface area contributed by atoms with E-state index in [0.29, 0.717) is 12.0 Å². The zero-order valence-corrected chi connectivity index (χ0v) is 11.6. The first kappa shape index (κ1) is 12.9. The minimum atomic E-state index is -0.446. The van der Waals surface area contributed by atoms with Gasteiger partial charge in [0.15, 0.2) is 0 Å². The van der Waals surface area contributed by atoms with Crippen LogP contribution < -0.4 is 10.1 Å². The van der Waals surface area contributed by atoms with Crippen molar-refractivity contribution in [1.82, 2.24) is 0 Å². The largest absolute Gasteiger partial charge is 0.496 e. The Bertz CT molecular complexity index is 444. The van der Waals surface area contributed by atoms with Gasteiger partial charge in [-0.15, -0.1) is 0 Å². The number of piperidine rings is 1. The van der Waals surface area contributed by atoms with Crippen LogP contribution in [0.1, 0.15) is 43.7 Å². The van der Waals surface area contributed by atoms with E-state index in [1.165, 1.54) is 18.4 Å². The number of nitrogens with two attached hydrogens (primary N) is 1. The predicted octanol–water partition coefficient (Wildman–Crippen LogP) is 1.62. The van der Waals surface area contributed by atoms with Gasteiger partial charge < -0.3 is 15.2 Å². The van der Waals surface area contributed by atoms with E-state index in [1.54, 1.807) is 7.11 Å². The van der Waals surface area contributed by atoms with Crippen molar-refractivity contribution in [3.05, 3.63) is 29.8 Å². The molecule has 0 aromatic heterocycles.